The third-order valence-corrected chi connectivity index (χ3v) is 6.40. The van der Waals surface area contributed by atoms with E-state index in [1.54, 1.807) is 11.3 Å². The lowest BCUT2D eigenvalue weighted by atomic mass is 10.3. The van der Waals surface area contributed by atoms with E-state index in [9.17, 15) is 8.42 Å². The van der Waals surface area contributed by atoms with E-state index in [2.05, 4.69) is 20.9 Å². The molecule has 0 saturated heterocycles. The molecule has 0 radical (unpaired) electrons. The minimum atomic E-state index is -3.65. The van der Waals surface area contributed by atoms with E-state index in [1.807, 2.05) is 16.8 Å². The second-order valence-electron chi connectivity index (χ2n) is 4.95. The molecule has 0 spiro atoms. The molecule has 1 fully saturated rings. The highest BCUT2D eigenvalue weighted by atomic mass is 79.9. The standard InChI is InChI=1S/C13H14BrN3O2S2/c14-10-5-12(13(15)16-6-10)21(18,19)17(11-1-2-11)7-9-3-4-20-8-9/h3-6,8,11H,1-2,7H2,(H2,15,16). The number of hydrogen-bond acceptors (Lipinski definition) is 5. The zero-order valence-electron chi connectivity index (χ0n) is 11.1. The van der Waals surface area contributed by atoms with Crippen LogP contribution in [0.2, 0.25) is 0 Å². The smallest absolute Gasteiger partial charge is 0.247 e. The molecule has 2 N–H and O–H groups in total. The van der Waals surface area contributed by atoms with Crippen LogP contribution in [0.25, 0.3) is 0 Å². The fourth-order valence-electron chi connectivity index (χ4n) is 2.10. The number of rotatable bonds is 5. The van der Waals surface area contributed by atoms with Gasteiger partial charge < -0.3 is 5.73 Å². The maximum atomic E-state index is 12.9. The zero-order chi connectivity index (χ0) is 15.0. The molecule has 21 heavy (non-hydrogen) atoms. The van der Waals surface area contributed by atoms with E-state index in [0.29, 0.717) is 11.0 Å². The summed E-state index contributed by atoms with van der Waals surface area (Å²) in [6, 6.07) is 3.52. The van der Waals surface area contributed by atoms with Crippen LogP contribution in [0, 0.1) is 0 Å². The molecule has 0 aliphatic heterocycles. The Labute approximate surface area is 136 Å². The highest BCUT2D eigenvalue weighted by Gasteiger charge is 2.39. The normalized spacial score (nSPS) is 15.5. The molecule has 2 heterocycles. The fraction of sp³-hybridized carbons (Fsp3) is 0.308. The van der Waals surface area contributed by atoms with Crippen molar-refractivity contribution < 1.29 is 8.42 Å². The van der Waals surface area contributed by atoms with Gasteiger partial charge in [0.05, 0.1) is 0 Å². The van der Waals surface area contributed by atoms with Gasteiger partial charge in [-0.05, 0) is 57.2 Å². The summed E-state index contributed by atoms with van der Waals surface area (Å²) in [6.07, 6.45) is 3.28. The Morgan fingerprint density at radius 1 is 1.48 bits per heavy atom. The van der Waals surface area contributed by atoms with Gasteiger partial charge in [0.2, 0.25) is 10.0 Å². The quantitative estimate of drug-likeness (QED) is 0.855. The number of anilines is 1. The number of hydrogen-bond donors (Lipinski definition) is 1. The summed E-state index contributed by atoms with van der Waals surface area (Å²) in [4.78, 5) is 4.00. The van der Waals surface area contributed by atoms with Gasteiger partial charge in [-0.3, -0.25) is 0 Å². The number of nitrogen functional groups attached to an aromatic ring is 1. The van der Waals surface area contributed by atoms with Gasteiger partial charge in [0.25, 0.3) is 0 Å². The van der Waals surface area contributed by atoms with Crippen molar-refractivity contribution in [2.24, 2.45) is 0 Å². The molecule has 2 aromatic heterocycles. The van der Waals surface area contributed by atoms with E-state index in [-0.39, 0.29) is 16.8 Å². The van der Waals surface area contributed by atoms with E-state index in [4.69, 9.17) is 5.73 Å². The van der Waals surface area contributed by atoms with Crippen molar-refractivity contribution in [3.8, 4) is 0 Å². The molecule has 0 atom stereocenters. The predicted molar refractivity (Wildman–Crippen MR) is 86.4 cm³/mol. The first-order valence-electron chi connectivity index (χ1n) is 6.42. The molecule has 1 aliphatic carbocycles. The summed E-state index contributed by atoms with van der Waals surface area (Å²) < 4.78 is 27.9. The molecule has 3 rings (SSSR count). The number of nitrogens with two attached hydrogens (primary N) is 1. The third-order valence-electron chi connectivity index (χ3n) is 3.31. The van der Waals surface area contributed by atoms with Crippen LogP contribution in [-0.4, -0.2) is 23.7 Å². The van der Waals surface area contributed by atoms with Crippen LogP contribution in [0.15, 0.2) is 38.5 Å². The molecule has 0 amide bonds. The first kappa shape index (κ1) is 15.0. The number of halogens is 1. The van der Waals surface area contributed by atoms with Gasteiger partial charge in [-0.1, -0.05) is 0 Å². The Hall–Kier alpha value is -0.960. The Kier molecular flexibility index (Phi) is 4.04. The van der Waals surface area contributed by atoms with Crippen molar-refractivity contribution in [1.29, 1.82) is 0 Å². The molecular formula is C13H14BrN3O2S2. The SMILES string of the molecule is Nc1ncc(Br)cc1S(=O)(=O)N(Cc1ccsc1)C1CC1. The van der Waals surface area contributed by atoms with Crippen molar-refractivity contribution in [3.63, 3.8) is 0 Å². The van der Waals surface area contributed by atoms with E-state index in [0.717, 1.165) is 18.4 Å². The Morgan fingerprint density at radius 3 is 2.86 bits per heavy atom. The van der Waals surface area contributed by atoms with Crippen molar-refractivity contribution in [1.82, 2.24) is 9.29 Å². The molecule has 8 heteroatoms. The van der Waals surface area contributed by atoms with E-state index in [1.165, 1.54) is 16.6 Å². The average Bonchev–Trinajstić information content (AvgIpc) is 3.14. The maximum Gasteiger partial charge on any atom is 0.247 e. The molecule has 1 aliphatic rings. The lowest BCUT2D eigenvalue weighted by Crippen LogP contribution is -2.33. The topological polar surface area (TPSA) is 76.3 Å². The highest BCUT2D eigenvalue weighted by molar-refractivity contribution is 9.10. The Balaban J connectivity index is 1.99. The molecular weight excluding hydrogens is 374 g/mol. The fourth-order valence-corrected chi connectivity index (χ4v) is 5.01. The van der Waals surface area contributed by atoms with Crippen molar-refractivity contribution in [2.75, 3.05) is 5.73 Å². The lowest BCUT2D eigenvalue weighted by Gasteiger charge is -2.22. The van der Waals surface area contributed by atoms with Crippen molar-refractivity contribution in [3.05, 3.63) is 39.1 Å². The van der Waals surface area contributed by atoms with Gasteiger partial charge in [0, 0.05) is 23.3 Å². The maximum absolute atomic E-state index is 12.9. The Morgan fingerprint density at radius 2 is 2.24 bits per heavy atom. The molecule has 0 aromatic carbocycles. The van der Waals surface area contributed by atoms with Gasteiger partial charge in [-0.15, -0.1) is 0 Å². The number of aromatic nitrogens is 1. The second kappa shape index (κ2) is 5.68. The van der Waals surface area contributed by atoms with Crippen LogP contribution >= 0.6 is 27.3 Å². The van der Waals surface area contributed by atoms with Gasteiger partial charge in [-0.2, -0.15) is 15.6 Å². The summed E-state index contributed by atoms with van der Waals surface area (Å²) in [7, 11) is -3.65. The van der Waals surface area contributed by atoms with Crippen molar-refractivity contribution in [2.45, 2.75) is 30.3 Å². The average molecular weight is 388 g/mol. The summed E-state index contributed by atoms with van der Waals surface area (Å²) in [5.74, 6) is 0.0363. The van der Waals surface area contributed by atoms with Crippen LogP contribution in [0.3, 0.4) is 0 Å². The van der Waals surface area contributed by atoms with Crippen LogP contribution in [-0.2, 0) is 16.6 Å². The number of nitrogens with zero attached hydrogens (tertiary/aromatic N) is 2. The molecule has 2 aromatic rings. The number of thiophene rings is 1. The first-order chi connectivity index (χ1) is 9.98. The number of sulfonamides is 1. The molecule has 112 valence electrons. The second-order valence-corrected chi connectivity index (χ2v) is 8.50. The summed E-state index contributed by atoms with van der Waals surface area (Å²) in [6.45, 7) is 0.377. The Bertz CT molecular complexity index is 743. The molecule has 1 saturated carbocycles. The van der Waals surface area contributed by atoms with Gasteiger partial charge in [0.15, 0.2) is 0 Å². The molecule has 0 bridgehead atoms. The van der Waals surface area contributed by atoms with Gasteiger partial charge >= 0.3 is 0 Å². The monoisotopic (exact) mass is 387 g/mol. The number of pyridine rings is 1. The largest absolute Gasteiger partial charge is 0.383 e. The summed E-state index contributed by atoms with van der Waals surface area (Å²) >= 11 is 4.81. The van der Waals surface area contributed by atoms with Crippen LogP contribution < -0.4 is 5.73 Å². The van der Waals surface area contributed by atoms with E-state index >= 15 is 0 Å². The summed E-state index contributed by atoms with van der Waals surface area (Å²) in [5.41, 5.74) is 6.77. The predicted octanol–water partition coefficient (Wildman–Crippen LogP) is 2.84. The molecule has 5 nitrogen and oxygen atoms in total. The van der Waals surface area contributed by atoms with Crippen LogP contribution in [0.4, 0.5) is 5.82 Å². The first-order valence-corrected chi connectivity index (χ1v) is 9.60. The minimum Gasteiger partial charge on any atom is -0.383 e. The van der Waals surface area contributed by atoms with Crippen LogP contribution in [0.5, 0.6) is 0 Å². The van der Waals surface area contributed by atoms with Crippen molar-refractivity contribution >= 4 is 43.1 Å². The lowest BCUT2D eigenvalue weighted by molar-refractivity contribution is 0.399. The highest BCUT2D eigenvalue weighted by Crippen LogP contribution is 2.35. The van der Waals surface area contributed by atoms with Gasteiger partial charge in [0.1, 0.15) is 10.7 Å². The van der Waals surface area contributed by atoms with E-state index < -0.39 is 10.0 Å². The van der Waals surface area contributed by atoms with Gasteiger partial charge in [-0.25, -0.2) is 13.4 Å². The summed E-state index contributed by atoms with van der Waals surface area (Å²) in [5, 5.41) is 3.91. The van der Waals surface area contributed by atoms with Crippen LogP contribution in [0.1, 0.15) is 18.4 Å². The minimum absolute atomic E-state index is 0.0363. The zero-order valence-corrected chi connectivity index (χ0v) is 14.3. The third kappa shape index (κ3) is 3.13. The molecule has 0 unspecified atom stereocenters.